The maximum absolute atomic E-state index is 5.71. The van der Waals surface area contributed by atoms with Gasteiger partial charge in [-0.1, -0.05) is 6.42 Å². The van der Waals surface area contributed by atoms with Crippen LogP contribution < -0.4 is 11.1 Å². The Bertz CT molecular complexity index is 316. The molecule has 2 heterocycles. The van der Waals surface area contributed by atoms with Crippen molar-refractivity contribution >= 4 is 11.5 Å². The van der Waals surface area contributed by atoms with Gasteiger partial charge < -0.3 is 11.1 Å². The molecule has 90 valence electrons. The fourth-order valence-corrected chi connectivity index (χ4v) is 2.18. The SMILES string of the molecule is CC(CNc1cn[nH]c1N)N1CCCCC1. The molecule has 5 heteroatoms. The predicted molar refractivity (Wildman–Crippen MR) is 66.4 cm³/mol. The van der Waals surface area contributed by atoms with E-state index in [1.165, 1.54) is 32.4 Å². The van der Waals surface area contributed by atoms with E-state index in [4.69, 9.17) is 5.73 Å². The largest absolute Gasteiger partial charge is 0.382 e. The van der Waals surface area contributed by atoms with Crippen molar-refractivity contribution < 1.29 is 0 Å². The molecule has 0 spiro atoms. The Morgan fingerprint density at radius 1 is 1.50 bits per heavy atom. The van der Waals surface area contributed by atoms with E-state index < -0.39 is 0 Å². The third-order valence-corrected chi connectivity index (χ3v) is 3.27. The Labute approximate surface area is 96.4 Å². The van der Waals surface area contributed by atoms with Crippen LogP contribution in [0.2, 0.25) is 0 Å². The summed E-state index contributed by atoms with van der Waals surface area (Å²) in [4.78, 5) is 2.53. The number of nitrogens with two attached hydrogens (primary N) is 1. The number of piperidine rings is 1. The van der Waals surface area contributed by atoms with Crippen LogP contribution in [0.15, 0.2) is 6.20 Å². The minimum atomic E-state index is 0.551. The third kappa shape index (κ3) is 2.66. The van der Waals surface area contributed by atoms with E-state index in [1.54, 1.807) is 6.20 Å². The lowest BCUT2D eigenvalue weighted by atomic mass is 10.1. The van der Waals surface area contributed by atoms with Crippen molar-refractivity contribution in [3.63, 3.8) is 0 Å². The summed E-state index contributed by atoms with van der Waals surface area (Å²) in [6.07, 6.45) is 5.78. The monoisotopic (exact) mass is 223 g/mol. The van der Waals surface area contributed by atoms with Gasteiger partial charge in [-0.05, 0) is 32.9 Å². The lowest BCUT2D eigenvalue weighted by Gasteiger charge is -2.32. The molecule has 1 saturated heterocycles. The number of hydrogen-bond acceptors (Lipinski definition) is 4. The van der Waals surface area contributed by atoms with Crippen molar-refractivity contribution in [1.29, 1.82) is 0 Å². The van der Waals surface area contributed by atoms with Crippen LogP contribution in [0.3, 0.4) is 0 Å². The lowest BCUT2D eigenvalue weighted by molar-refractivity contribution is 0.180. The van der Waals surface area contributed by atoms with Crippen LogP contribution >= 0.6 is 0 Å². The van der Waals surface area contributed by atoms with Crippen molar-refractivity contribution in [2.24, 2.45) is 0 Å². The molecular formula is C11H21N5. The Hall–Kier alpha value is -1.23. The van der Waals surface area contributed by atoms with Crippen LogP contribution in [-0.4, -0.2) is 40.8 Å². The molecule has 0 aliphatic carbocycles. The molecule has 0 amide bonds. The molecular weight excluding hydrogens is 202 g/mol. The standard InChI is InChI=1S/C11H21N5/c1-9(16-5-3-2-4-6-16)7-13-10-8-14-15-11(10)12/h8-9,13H,2-7H2,1H3,(H3,12,14,15). The maximum atomic E-state index is 5.71. The van der Waals surface area contributed by atoms with Gasteiger partial charge in [0.1, 0.15) is 5.82 Å². The van der Waals surface area contributed by atoms with Crippen molar-refractivity contribution in [2.45, 2.75) is 32.2 Å². The molecule has 16 heavy (non-hydrogen) atoms. The van der Waals surface area contributed by atoms with E-state index in [0.717, 1.165) is 12.2 Å². The molecule has 2 rings (SSSR count). The summed E-state index contributed by atoms with van der Waals surface area (Å²) in [5, 5.41) is 9.94. The highest BCUT2D eigenvalue weighted by atomic mass is 15.2. The third-order valence-electron chi connectivity index (χ3n) is 3.27. The van der Waals surface area contributed by atoms with Crippen molar-refractivity contribution in [1.82, 2.24) is 15.1 Å². The summed E-state index contributed by atoms with van der Waals surface area (Å²) in [6.45, 7) is 5.63. The summed E-state index contributed by atoms with van der Waals surface area (Å²) in [5.41, 5.74) is 6.62. The highest BCUT2D eigenvalue weighted by molar-refractivity contribution is 5.59. The van der Waals surface area contributed by atoms with Gasteiger partial charge in [0.2, 0.25) is 0 Å². The van der Waals surface area contributed by atoms with Gasteiger partial charge >= 0.3 is 0 Å². The minimum Gasteiger partial charge on any atom is -0.382 e. The molecule has 1 aromatic rings. The van der Waals surface area contributed by atoms with Gasteiger partial charge in [-0.15, -0.1) is 0 Å². The van der Waals surface area contributed by atoms with Gasteiger partial charge in [0.05, 0.1) is 11.9 Å². The highest BCUT2D eigenvalue weighted by Crippen LogP contribution is 2.15. The second-order valence-corrected chi connectivity index (χ2v) is 4.52. The number of aromatic amines is 1. The first-order chi connectivity index (χ1) is 7.77. The topological polar surface area (TPSA) is 70.0 Å². The van der Waals surface area contributed by atoms with Gasteiger partial charge in [-0.2, -0.15) is 5.10 Å². The van der Waals surface area contributed by atoms with Crippen LogP contribution in [-0.2, 0) is 0 Å². The number of rotatable bonds is 4. The summed E-state index contributed by atoms with van der Waals surface area (Å²) >= 11 is 0. The van der Waals surface area contributed by atoms with Gasteiger partial charge in [0.15, 0.2) is 0 Å². The van der Waals surface area contributed by atoms with E-state index >= 15 is 0 Å². The fourth-order valence-electron chi connectivity index (χ4n) is 2.18. The van der Waals surface area contributed by atoms with E-state index in [0.29, 0.717) is 11.9 Å². The molecule has 1 aliphatic heterocycles. The maximum Gasteiger partial charge on any atom is 0.142 e. The Balaban J connectivity index is 1.78. The molecule has 0 saturated carbocycles. The summed E-state index contributed by atoms with van der Waals surface area (Å²) in [5.74, 6) is 0.617. The summed E-state index contributed by atoms with van der Waals surface area (Å²) in [7, 11) is 0. The first-order valence-electron chi connectivity index (χ1n) is 6.04. The predicted octanol–water partition coefficient (Wildman–Crippen LogP) is 1.28. The molecule has 1 atom stereocenters. The van der Waals surface area contributed by atoms with Gasteiger partial charge in [0, 0.05) is 12.6 Å². The molecule has 1 aliphatic rings. The zero-order chi connectivity index (χ0) is 11.4. The Morgan fingerprint density at radius 2 is 2.25 bits per heavy atom. The quantitative estimate of drug-likeness (QED) is 0.719. The average Bonchev–Trinajstić information content (AvgIpc) is 2.73. The van der Waals surface area contributed by atoms with E-state index in [2.05, 4.69) is 27.3 Å². The summed E-state index contributed by atoms with van der Waals surface area (Å²) < 4.78 is 0. The zero-order valence-corrected chi connectivity index (χ0v) is 9.87. The zero-order valence-electron chi connectivity index (χ0n) is 9.87. The fraction of sp³-hybridized carbons (Fsp3) is 0.727. The Kier molecular flexibility index (Phi) is 3.66. The van der Waals surface area contributed by atoms with Gasteiger partial charge in [-0.3, -0.25) is 10.00 Å². The molecule has 5 nitrogen and oxygen atoms in total. The number of nitrogens with one attached hydrogen (secondary N) is 2. The van der Waals surface area contributed by atoms with Gasteiger partial charge in [-0.25, -0.2) is 0 Å². The molecule has 0 radical (unpaired) electrons. The molecule has 1 fully saturated rings. The van der Waals surface area contributed by atoms with Crippen molar-refractivity contribution in [3.8, 4) is 0 Å². The number of nitrogen functional groups attached to an aromatic ring is 1. The number of H-pyrrole nitrogens is 1. The van der Waals surface area contributed by atoms with E-state index in [9.17, 15) is 0 Å². The lowest BCUT2D eigenvalue weighted by Crippen LogP contribution is -2.41. The van der Waals surface area contributed by atoms with Crippen molar-refractivity contribution in [3.05, 3.63) is 6.20 Å². The highest BCUT2D eigenvalue weighted by Gasteiger charge is 2.16. The van der Waals surface area contributed by atoms with Crippen LogP contribution in [0, 0.1) is 0 Å². The molecule has 0 aromatic carbocycles. The number of hydrogen-bond donors (Lipinski definition) is 3. The van der Waals surface area contributed by atoms with Crippen LogP contribution in [0.1, 0.15) is 26.2 Å². The second kappa shape index (κ2) is 5.21. The van der Waals surface area contributed by atoms with Gasteiger partial charge in [0.25, 0.3) is 0 Å². The Morgan fingerprint density at radius 3 is 2.88 bits per heavy atom. The van der Waals surface area contributed by atoms with Crippen LogP contribution in [0.4, 0.5) is 11.5 Å². The number of nitrogens with zero attached hydrogens (tertiary/aromatic N) is 2. The first kappa shape index (κ1) is 11.3. The number of aromatic nitrogens is 2. The smallest absolute Gasteiger partial charge is 0.142 e. The number of likely N-dealkylation sites (tertiary alicyclic amines) is 1. The molecule has 1 unspecified atom stereocenters. The second-order valence-electron chi connectivity index (χ2n) is 4.52. The van der Waals surface area contributed by atoms with E-state index in [-0.39, 0.29) is 0 Å². The molecule has 0 bridgehead atoms. The normalized spacial score (nSPS) is 19.6. The minimum absolute atomic E-state index is 0.551. The van der Waals surface area contributed by atoms with E-state index in [1.807, 2.05) is 0 Å². The molecule has 1 aromatic heterocycles. The average molecular weight is 223 g/mol. The molecule has 4 N–H and O–H groups in total. The number of anilines is 2. The van der Waals surface area contributed by atoms with Crippen LogP contribution in [0.25, 0.3) is 0 Å². The summed E-state index contributed by atoms with van der Waals surface area (Å²) in [6, 6.07) is 0.551. The first-order valence-corrected chi connectivity index (χ1v) is 6.04. The van der Waals surface area contributed by atoms with Crippen molar-refractivity contribution in [2.75, 3.05) is 30.7 Å². The van der Waals surface area contributed by atoms with Crippen LogP contribution in [0.5, 0.6) is 0 Å².